The molecule has 1 fully saturated rings. The second-order valence-corrected chi connectivity index (χ2v) is 6.94. The Bertz CT molecular complexity index is 739. The van der Waals surface area contributed by atoms with Crippen molar-refractivity contribution in [3.63, 3.8) is 0 Å². The summed E-state index contributed by atoms with van der Waals surface area (Å²) in [6.45, 7) is 5.31. The molecule has 0 unspecified atom stereocenters. The molecule has 0 saturated carbocycles. The summed E-state index contributed by atoms with van der Waals surface area (Å²) in [5, 5.41) is 9.91. The number of anilines is 1. The number of likely N-dealkylation sites (tertiary alicyclic amines) is 1. The van der Waals surface area contributed by atoms with Crippen LogP contribution in [0.3, 0.4) is 0 Å². The molecule has 24 heavy (non-hydrogen) atoms. The number of aromatic nitrogens is 3. The highest BCUT2D eigenvalue weighted by Crippen LogP contribution is 2.39. The minimum absolute atomic E-state index is 0.0920. The van der Waals surface area contributed by atoms with Crippen molar-refractivity contribution < 1.29 is 9.53 Å². The van der Waals surface area contributed by atoms with Crippen LogP contribution in [0.5, 0.6) is 5.88 Å². The molecule has 2 aromatic rings. The molecular formula is C16H23N5O2S. The number of thiazole rings is 1. The van der Waals surface area contributed by atoms with E-state index < -0.39 is 0 Å². The fraction of sp³-hybridized carbons (Fsp3) is 0.562. The van der Waals surface area contributed by atoms with Gasteiger partial charge in [0.25, 0.3) is 0 Å². The van der Waals surface area contributed by atoms with Crippen molar-refractivity contribution in [1.82, 2.24) is 19.7 Å². The van der Waals surface area contributed by atoms with Crippen molar-refractivity contribution in [2.45, 2.75) is 39.3 Å². The predicted octanol–water partition coefficient (Wildman–Crippen LogP) is 2.49. The van der Waals surface area contributed by atoms with Crippen LogP contribution in [0, 0.1) is 6.92 Å². The molecule has 1 N–H and O–H groups in total. The van der Waals surface area contributed by atoms with Gasteiger partial charge < -0.3 is 10.1 Å². The van der Waals surface area contributed by atoms with Gasteiger partial charge in [-0.3, -0.25) is 9.69 Å². The lowest BCUT2D eigenvalue weighted by Gasteiger charge is -2.24. The fourth-order valence-electron chi connectivity index (χ4n) is 3.42. The van der Waals surface area contributed by atoms with Gasteiger partial charge in [0.2, 0.25) is 11.8 Å². The van der Waals surface area contributed by atoms with Crippen molar-refractivity contribution >= 4 is 22.4 Å². The molecule has 2 aromatic heterocycles. The number of nitrogens with one attached hydrogen (secondary N) is 1. The Morgan fingerprint density at radius 3 is 3.04 bits per heavy atom. The van der Waals surface area contributed by atoms with E-state index in [1.807, 2.05) is 19.4 Å². The summed E-state index contributed by atoms with van der Waals surface area (Å²) in [6.07, 6.45) is 2.23. The normalized spacial score (nSPS) is 18.1. The van der Waals surface area contributed by atoms with Crippen LogP contribution in [0.4, 0.5) is 5.13 Å². The van der Waals surface area contributed by atoms with Gasteiger partial charge in [0, 0.05) is 31.9 Å². The molecule has 0 radical (unpaired) electrons. The molecule has 3 heterocycles. The average Bonchev–Trinajstić information content (AvgIpc) is 3.19. The number of aryl methyl sites for hydroxylation is 2. The number of rotatable bonds is 5. The Balaban J connectivity index is 1.79. The van der Waals surface area contributed by atoms with E-state index in [0.717, 1.165) is 43.2 Å². The monoisotopic (exact) mass is 349 g/mol. The van der Waals surface area contributed by atoms with E-state index in [1.165, 1.54) is 23.8 Å². The topological polar surface area (TPSA) is 72.3 Å². The molecule has 1 aliphatic rings. The molecule has 130 valence electrons. The van der Waals surface area contributed by atoms with Crippen LogP contribution < -0.4 is 10.1 Å². The van der Waals surface area contributed by atoms with E-state index >= 15 is 0 Å². The van der Waals surface area contributed by atoms with Gasteiger partial charge in [0.05, 0.1) is 24.1 Å². The number of carbonyl (C=O) groups excluding carboxylic acids is 1. The lowest BCUT2D eigenvalue weighted by Crippen LogP contribution is -2.23. The molecule has 0 spiro atoms. The van der Waals surface area contributed by atoms with Gasteiger partial charge in [-0.15, -0.1) is 11.3 Å². The molecule has 0 bridgehead atoms. The Morgan fingerprint density at radius 1 is 1.54 bits per heavy atom. The molecule has 1 aliphatic heterocycles. The Labute approximate surface area is 145 Å². The first-order chi connectivity index (χ1) is 11.5. The fourth-order valence-corrected chi connectivity index (χ4v) is 4.16. The molecule has 1 amide bonds. The molecular weight excluding hydrogens is 326 g/mol. The number of ether oxygens (including phenoxy) is 1. The van der Waals surface area contributed by atoms with Crippen LogP contribution in [-0.4, -0.2) is 39.2 Å². The molecule has 0 aromatic carbocycles. The number of amides is 1. The summed E-state index contributed by atoms with van der Waals surface area (Å²) in [4.78, 5) is 18.1. The molecule has 1 saturated heterocycles. The summed E-state index contributed by atoms with van der Waals surface area (Å²) >= 11 is 1.46. The third-order valence-corrected chi connectivity index (χ3v) is 5.11. The second kappa shape index (κ2) is 6.90. The lowest BCUT2D eigenvalue weighted by atomic mass is 10.0. The Kier molecular flexibility index (Phi) is 4.86. The smallest absolute Gasteiger partial charge is 0.223 e. The molecule has 7 nitrogen and oxygen atoms in total. The minimum Gasteiger partial charge on any atom is -0.481 e. The summed E-state index contributed by atoms with van der Waals surface area (Å²) in [5.41, 5.74) is 3.18. The highest BCUT2D eigenvalue weighted by Gasteiger charge is 2.32. The maximum Gasteiger partial charge on any atom is 0.223 e. The molecule has 3 rings (SSSR count). The van der Waals surface area contributed by atoms with Gasteiger partial charge >= 0.3 is 0 Å². The predicted molar refractivity (Wildman–Crippen MR) is 93.3 cm³/mol. The van der Waals surface area contributed by atoms with Gasteiger partial charge in [-0.1, -0.05) is 0 Å². The Hall–Kier alpha value is -1.93. The van der Waals surface area contributed by atoms with Crippen LogP contribution in [-0.2, 0) is 18.4 Å². The highest BCUT2D eigenvalue weighted by atomic mass is 32.1. The van der Waals surface area contributed by atoms with E-state index in [0.29, 0.717) is 11.2 Å². The van der Waals surface area contributed by atoms with Gasteiger partial charge in [0.1, 0.15) is 0 Å². The van der Waals surface area contributed by atoms with Crippen molar-refractivity contribution in [1.29, 1.82) is 0 Å². The van der Waals surface area contributed by atoms with Crippen molar-refractivity contribution in [2.75, 3.05) is 19.0 Å². The van der Waals surface area contributed by atoms with Gasteiger partial charge in [-0.2, -0.15) is 5.10 Å². The number of hydrogen-bond acceptors (Lipinski definition) is 6. The third-order valence-electron chi connectivity index (χ3n) is 4.30. The first kappa shape index (κ1) is 16.9. The van der Waals surface area contributed by atoms with Crippen LogP contribution in [0.25, 0.3) is 0 Å². The average molecular weight is 349 g/mol. The standard InChI is InChI=1S/C16H23N5O2S/c1-10-14(15(23-4)20(3)19-10)13-6-5-7-21(13)8-12-9-24-16(18-12)17-11(2)22/h9,13H,5-8H2,1-4H3,(H,17,18,22)/t13-/m1/s1. The van der Waals surface area contributed by atoms with Crippen LogP contribution in [0.2, 0.25) is 0 Å². The maximum absolute atomic E-state index is 11.1. The van der Waals surface area contributed by atoms with Gasteiger partial charge in [0.15, 0.2) is 5.13 Å². The van der Waals surface area contributed by atoms with Crippen molar-refractivity contribution in [3.05, 3.63) is 22.3 Å². The zero-order chi connectivity index (χ0) is 17.3. The highest BCUT2D eigenvalue weighted by molar-refractivity contribution is 7.13. The maximum atomic E-state index is 11.1. The van der Waals surface area contributed by atoms with E-state index in [2.05, 4.69) is 20.3 Å². The number of nitrogens with zero attached hydrogens (tertiary/aromatic N) is 4. The largest absolute Gasteiger partial charge is 0.481 e. The number of hydrogen-bond donors (Lipinski definition) is 1. The summed E-state index contributed by atoms with van der Waals surface area (Å²) < 4.78 is 7.37. The quantitative estimate of drug-likeness (QED) is 0.898. The SMILES string of the molecule is COc1c([C@H]2CCCN2Cc2csc(NC(C)=O)n2)c(C)nn1C. The number of carbonyl (C=O) groups is 1. The lowest BCUT2D eigenvalue weighted by molar-refractivity contribution is -0.114. The van der Waals surface area contributed by atoms with E-state index in [-0.39, 0.29) is 5.91 Å². The third kappa shape index (κ3) is 3.29. The van der Waals surface area contributed by atoms with Crippen LogP contribution in [0.1, 0.15) is 42.8 Å². The van der Waals surface area contributed by atoms with E-state index in [1.54, 1.807) is 11.8 Å². The minimum atomic E-state index is -0.0920. The summed E-state index contributed by atoms with van der Waals surface area (Å²) in [7, 11) is 3.61. The van der Waals surface area contributed by atoms with Crippen molar-refractivity contribution in [2.24, 2.45) is 7.05 Å². The zero-order valence-electron chi connectivity index (χ0n) is 14.5. The first-order valence-electron chi connectivity index (χ1n) is 8.03. The van der Waals surface area contributed by atoms with Crippen LogP contribution in [0.15, 0.2) is 5.38 Å². The van der Waals surface area contributed by atoms with E-state index in [9.17, 15) is 4.79 Å². The number of methoxy groups -OCH3 is 1. The van der Waals surface area contributed by atoms with E-state index in [4.69, 9.17) is 4.74 Å². The summed E-state index contributed by atoms with van der Waals surface area (Å²) in [5.74, 6) is 0.743. The summed E-state index contributed by atoms with van der Waals surface area (Å²) in [6, 6.07) is 0.291. The first-order valence-corrected chi connectivity index (χ1v) is 8.91. The van der Waals surface area contributed by atoms with Crippen LogP contribution >= 0.6 is 11.3 Å². The molecule has 0 aliphatic carbocycles. The van der Waals surface area contributed by atoms with Crippen molar-refractivity contribution in [3.8, 4) is 5.88 Å². The second-order valence-electron chi connectivity index (χ2n) is 6.09. The molecule has 1 atom stereocenters. The van der Waals surface area contributed by atoms with Gasteiger partial charge in [-0.25, -0.2) is 9.67 Å². The molecule has 8 heteroatoms. The Morgan fingerprint density at radius 2 is 2.33 bits per heavy atom. The van der Waals surface area contributed by atoms with Gasteiger partial charge in [-0.05, 0) is 26.3 Å². The zero-order valence-corrected chi connectivity index (χ0v) is 15.3.